The van der Waals surface area contributed by atoms with Crippen LogP contribution < -0.4 is 5.73 Å². The molecule has 166 valence electrons. The minimum absolute atomic E-state index is 0. The van der Waals surface area contributed by atoms with Gasteiger partial charge in [-0.2, -0.15) is 4.31 Å². The van der Waals surface area contributed by atoms with Crippen molar-refractivity contribution in [3.8, 4) is 0 Å². The molecule has 0 fully saturated rings. The number of carboxylic acid groups (broad SMARTS) is 1. The molecule has 3 aromatic rings. The van der Waals surface area contributed by atoms with Gasteiger partial charge in [-0.15, -0.1) is 12.4 Å². The van der Waals surface area contributed by atoms with Crippen molar-refractivity contribution in [3.05, 3.63) is 72.1 Å². The lowest BCUT2D eigenvalue weighted by Crippen LogP contribution is -2.34. The Bertz CT molecular complexity index is 1130. The lowest BCUT2D eigenvalue weighted by atomic mass is 10.0. The standard InChI is InChI=1S/C22H25N3O4S.ClH/c23-12-5-15-25(14-4-8-17-6-1-2-9-20(17)22(26)27)30(28,29)21-10-3-7-18-16-24-13-11-19(18)21;/h1-3,6-7,9-11,13,16H,4-5,8,12,14-15,23H2,(H,26,27);1H. The summed E-state index contributed by atoms with van der Waals surface area (Å²) >= 11 is 0. The van der Waals surface area contributed by atoms with E-state index in [9.17, 15) is 18.3 Å². The number of sulfonamides is 1. The maximum absolute atomic E-state index is 13.4. The molecule has 0 unspecified atom stereocenters. The fourth-order valence-electron chi connectivity index (χ4n) is 3.47. The van der Waals surface area contributed by atoms with Crippen LogP contribution in [-0.4, -0.2) is 48.4 Å². The molecule has 0 spiro atoms. The molecule has 0 atom stereocenters. The monoisotopic (exact) mass is 463 g/mol. The fraction of sp³-hybridized carbons (Fsp3) is 0.273. The zero-order valence-corrected chi connectivity index (χ0v) is 18.6. The smallest absolute Gasteiger partial charge is 0.335 e. The van der Waals surface area contributed by atoms with Crippen LogP contribution in [0.15, 0.2) is 65.8 Å². The van der Waals surface area contributed by atoms with Crippen LogP contribution in [0, 0.1) is 0 Å². The highest BCUT2D eigenvalue weighted by Crippen LogP contribution is 2.25. The second-order valence-corrected chi connectivity index (χ2v) is 8.87. The van der Waals surface area contributed by atoms with E-state index >= 15 is 0 Å². The molecule has 2 aromatic carbocycles. The Hall–Kier alpha value is -2.52. The Labute approximate surface area is 188 Å². The van der Waals surface area contributed by atoms with Gasteiger partial charge >= 0.3 is 5.97 Å². The first-order valence-corrected chi connectivity index (χ1v) is 11.2. The molecular weight excluding hydrogens is 438 g/mol. The topological polar surface area (TPSA) is 114 Å². The van der Waals surface area contributed by atoms with Crippen molar-refractivity contribution in [2.75, 3.05) is 19.6 Å². The Balaban J connectivity index is 0.00000341. The van der Waals surface area contributed by atoms with Crippen molar-refractivity contribution in [3.63, 3.8) is 0 Å². The summed E-state index contributed by atoms with van der Waals surface area (Å²) in [4.78, 5) is 15.7. The second kappa shape index (κ2) is 11.2. The highest BCUT2D eigenvalue weighted by Gasteiger charge is 2.25. The summed E-state index contributed by atoms with van der Waals surface area (Å²) in [6, 6.07) is 13.6. The van der Waals surface area contributed by atoms with E-state index in [1.807, 2.05) is 6.07 Å². The van der Waals surface area contributed by atoms with Gasteiger partial charge in [0.1, 0.15) is 0 Å². The molecule has 9 heteroatoms. The zero-order chi connectivity index (χ0) is 21.6. The average molecular weight is 464 g/mol. The summed E-state index contributed by atoms with van der Waals surface area (Å²) in [5, 5.41) is 10.7. The Morgan fingerprint density at radius 2 is 1.77 bits per heavy atom. The predicted molar refractivity (Wildman–Crippen MR) is 123 cm³/mol. The number of fused-ring (bicyclic) bond motifs is 1. The van der Waals surface area contributed by atoms with Crippen molar-refractivity contribution in [2.24, 2.45) is 5.73 Å². The maximum Gasteiger partial charge on any atom is 0.335 e. The molecule has 1 heterocycles. The Morgan fingerprint density at radius 3 is 2.52 bits per heavy atom. The minimum Gasteiger partial charge on any atom is -0.478 e. The molecule has 3 rings (SSSR count). The van der Waals surface area contributed by atoms with Crippen LogP contribution in [0.1, 0.15) is 28.8 Å². The molecule has 0 bridgehead atoms. The number of hydrogen-bond donors (Lipinski definition) is 2. The van der Waals surface area contributed by atoms with E-state index in [2.05, 4.69) is 4.98 Å². The number of carboxylic acids is 1. The third-order valence-corrected chi connectivity index (χ3v) is 6.93. The van der Waals surface area contributed by atoms with Crippen molar-refractivity contribution < 1.29 is 18.3 Å². The lowest BCUT2D eigenvalue weighted by Gasteiger charge is -2.23. The van der Waals surface area contributed by atoms with Gasteiger partial charge in [-0.05, 0) is 49.6 Å². The predicted octanol–water partition coefficient (Wildman–Crippen LogP) is 3.33. The zero-order valence-electron chi connectivity index (χ0n) is 17.0. The summed E-state index contributed by atoms with van der Waals surface area (Å²) in [6.45, 7) is 0.964. The van der Waals surface area contributed by atoms with Gasteiger partial charge in [0.2, 0.25) is 10.0 Å². The number of pyridine rings is 1. The van der Waals surface area contributed by atoms with Gasteiger partial charge in [-0.1, -0.05) is 30.3 Å². The second-order valence-electron chi connectivity index (χ2n) is 6.97. The molecule has 7 nitrogen and oxygen atoms in total. The number of carbonyl (C=O) groups is 1. The largest absolute Gasteiger partial charge is 0.478 e. The van der Waals surface area contributed by atoms with Crippen LogP contribution in [0.3, 0.4) is 0 Å². The summed E-state index contributed by atoms with van der Waals surface area (Å²) < 4.78 is 28.3. The molecule has 0 aliphatic carbocycles. The lowest BCUT2D eigenvalue weighted by molar-refractivity contribution is 0.0695. The Morgan fingerprint density at radius 1 is 1.03 bits per heavy atom. The number of halogens is 1. The van der Waals surface area contributed by atoms with Gasteiger partial charge in [-0.3, -0.25) is 4.98 Å². The molecule has 31 heavy (non-hydrogen) atoms. The number of aromatic carboxylic acids is 1. The van der Waals surface area contributed by atoms with E-state index in [0.717, 1.165) is 5.39 Å². The first-order valence-electron chi connectivity index (χ1n) is 9.79. The average Bonchev–Trinajstić information content (AvgIpc) is 2.75. The van der Waals surface area contributed by atoms with Gasteiger partial charge in [0, 0.05) is 36.3 Å². The summed E-state index contributed by atoms with van der Waals surface area (Å²) in [6.07, 6.45) is 4.73. The number of rotatable bonds is 10. The normalized spacial score (nSPS) is 11.4. The van der Waals surface area contributed by atoms with Crippen LogP contribution in [0.4, 0.5) is 0 Å². The fourth-order valence-corrected chi connectivity index (χ4v) is 5.20. The van der Waals surface area contributed by atoms with Crippen LogP contribution in [0.25, 0.3) is 10.8 Å². The Kier molecular flexibility index (Phi) is 8.94. The first kappa shape index (κ1) is 24.7. The number of nitrogens with two attached hydrogens (primary N) is 1. The molecule has 0 saturated heterocycles. The summed E-state index contributed by atoms with van der Waals surface area (Å²) in [5.41, 5.74) is 6.56. The van der Waals surface area contributed by atoms with Crippen molar-refractivity contribution in [1.82, 2.24) is 9.29 Å². The van der Waals surface area contributed by atoms with Crippen molar-refractivity contribution >= 4 is 39.2 Å². The number of aryl methyl sites for hydroxylation is 1. The minimum atomic E-state index is -3.75. The van der Waals surface area contributed by atoms with Gasteiger partial charge in [0.05, 0.1) is 10.5 Å². The third-order valence-electron chi connectivity index (χ3n) is 4.97. The molecule has 0 saturated carbocycles. The van der Waals surface area contributed by atoms with Crippen LogP contribution in [0.2, 0.25) is 0 Å². The number of benzene rings is 2. The molecule has 0 aliphatic rings. The van der Waals surface area contributed by atoms with E-state index < -0.39 is 16.0 Å². The van der Waals surface area contributed by atoms with E-state index in [0.29, 0.717) is 43.3 Å². The van der Waals surface area contributed by atoms with Crippen molar-refractivity contribution in [1.29, 1.82) is 0 Å². The van der Waals surface area contributed by atoms with E-state index in [1.54, 1.807) is 54.9 Å². The quantitative estimate of drug-likeness (QED) is 0.476. The highest BCUT2D eigenvalue weighted by molar-refractivity contribution is 7.89. The molecule has 1 aromatic heterocycles. The molecule has 3 N–H and O–H groups in total. The number of aromatic nitrogens is 1. The van der Waals surface area contributed by atoms with Gasteiger partial charge < -0.3 is 10.8 Å². The maximum atomic E-state index is 13.4. The number of nitrogens with zero attached hydrogens (tertiary/aromatic N) is 2. The first-order chi connectivity index (χ1) is 14.4. The van der Waals surface area contributed by atoms with Gasteiger partial charge in [0.15, 0.2) is 0 Å². The van der Waals surface area contributed by atoms with E-state index in [1.165, 1.54) is 4.31 Å². The van der Waals surface area contributed by atoms with E-state index in [4.69, 9.17) is 5.73 Å². The number of hydrogen-bond acceptors (Lipinski definition) is 5. The molecule has 0 aliphatic heterocycles. The summed E-state index contributed by atoms with van der Waals surface area (Å²) in [5.74, 6) is -0.984. The summed E-state index contributed by atoms with van der Waals surface area (Å²) in [7, 11) is -3.75. The van der Waals surface area contributed by atoms with Crippen molar-refractivity contribution in [2.45, 2.75) is 24.2 Å². The molecular formula is C22H26ClN3O4S. The highest BCUT2D eigenvalue weighted by atomic mass is 35.5. The van der Waals surface area contributed by atoms with Crippen LogP contribution >= 0.6 is 12.4 Å². The third kappa shape index (κ3) is 5.80. The van der Waals surface area contributed by atoms with Gasteiger partial charge in [-0.25, -0.2) is 13.2 Å². The molecule has 0 amide bonds. The van der Waals surface area contributed by atoms with Crippen LogP contribution in [-0.2, 0) is 16.4 Å². The SMILES string of the molecule is Cl.NCCCN(CCCc1ccccc1C(=O)O)S(=O)(=O)c1cccc2cnccc12. The van der Waals surface area contributed by atoms with Crippen LogP contribution in [0.5, 0.6) is 0 Å². The molecule has 0 radical (unpaired) electrons. The van der Waals surface area contributed by atoms with E-state index in [-0.39, 0.29) is 29.4 Å². The van der Waals surface area contributed by atoms with Gasteiger partial charge in [0.25, 0.3) is 0 Å².